The SMILES string of the molecule is C.CCCCOc1nc(N)c([N+](=O)[O-])c(N(CC(=O)OCC)Cc2ccnc(N3CCOCC3)c2)n1.CCCCOc1nc(N)c([N+](=O)[O-])c(N(CC(=O)OCC)Cc2ccnc(N3CCOCC3)c2)n1.CCCCOc1nc(N)c2c(n1)N(Cc1ccnc(N3CCOCC3)c1)CC(=O)C2.[CH3-].[CH3-].[W].[W]. The van der Waals surface area contributed by atoms with E-state index in [2.05, 4.69) is 72.5 Å². The van der Waals surface area contributed by atoms with Crippen molar-refractivity contribution in [1.82, 2.24) is 44.9 Å². The second-order valence-corrected chi connectivity index (χ2v) is 23.2. The van der Waals surface area contributed by atoms with Crippen molar-refractivity contribution in [2.45, 2.75) is 107 Å². The van der Waals surface area contributed by atoms with Crippen LogP contribution in [0.25, 0.3) is 0 Å². The number of hydrogen-bond donors (Lipinski definition) is 3. The Morgan fingerprint density at radius 2 is 0.895 bits per heavy atom. The number of aromatic nitrogens is 9. The zero-order chi connectivity index (χ0) is 71.3. The number of ketones is 1. The largest absolute Gasteiger partial charge is 0.465 e. The Labute approximate surface area is 642 Å². The first-order valence-electron chi connectivity index (χ1n) is 33.6. The number of esters is 2. The molecule has 6 aromatic rings. The molecule has 0 aromatic carbocycles. The third-order valence-electron chi connectivity index (χ3n) is 15.7. The summed E-state index contributed by atoms with van der Waals surface area (Å²) in [5.74, 6) is 1.47. The van der Waals surface area contributed by atoms with Gasteiger partial charge in [-0.2, -0.15) is 29.9 Å². The van der Waals surface area contributed by atoms with Gasteiger partial charge in [0.15, 0.2) is 5.78 Å². The van der Waals surface area contributed by atoms with Crippen molar-refractivity contribution >= 4 is 81.5 Å². The summed E-state index contributed by atoms with van der Waals surface area (Å²) >= 11 is 0. The van der Waals surface area contributed by atoms with E-state index in [9.17, 15) is 34.6 Å². The first kappa shape index (κ1) is 90.2. The van der Waals surface area contributed by atoms with E-state index >= 15 is 0 Å². The average molecular weight is 1810 g/mol. The molecule has 0 bridgehead atoms. The Hall–Kier alpha value is -9.04. The maximum Gasteiger partial charge on any atom is 0.353 e. The quantitative estimate of drug-likeness (QED) is 0.0129. The van der Waals surface area contributed by atoms with Crippen LogP contribution in [0.4, 0.5) is 63.7 Å². The molecule has 0 radical (unpaired) electrons. The van der Waals surface area contributed by atoms with Gasteiger partial charge in [0.05, 0.1) is 89.1 Å². The van der Waals surface area contributed by atoms with E-state index in [0.29, 0.717) is 109 Å². The number of hydrogen-bond acceptors (Lipinski definition) is 33. The van der Waals surface area contributed by atoms with Gasteiger partial charge in [0.2, 0.25) is 23.3 Å². The number of pyridine rings is 3. The molecular weight excluding hydrogens is 1700 g/mol. The van der Waals surface area contributed by atoms with Gasteiger partial charge >= 0.3 is 41.3 Å². The van der Waals surface area contributed by atoms with Crippen LogP contribution >= 0.6 is 0 Å². The summed E-state index contributed by atoms with van der Waals surface area (Å²) in [5.41, 5.74) is 20.3. The van der Waals surface area contributed by atoms with Crippen LogP contribution in [0.15, 0.2) is 55.0 Å². The summed E-state index contributed by atoms with van der Waals surface area (Å²) in [6, 6.07) is 11.4. The molecule has 37 heteroatoms. The van der Waals surface area contributed by atoms with Crippen molar-refractivity contribution in [3.63, 3.8) is 0 Å². The van der Waals surface area contributed by atoms with Gasteiger partial charge in [-0.1, -0.05) is 47.5 Å². The number of carbonyl (C=O) groups is 3. The molecule has 105 heavy (non-hydrogen) atoms. The van der Waals surface area contributed by atoms with Gasteiger partial charge in [-0.3, -0.25) is 34.6 Å². The normalized spacial score (nSPS) is 13.6. The molecule has 4 aliphatic heterocycles. The molecule has 0 amide bonds. The van der Waals surface area contributed by atoms with Crippen molar-refractivity contribution in [2.75, 3.05) is 178 Å². The number of anilines is 9. The van der Waals surface area contributed by atoms with E-state index in [1.165, 1.54) is 9.80 Å². The van der Waals surface area contributed by atoms with Crippen LogP contribution < -0.4 is 60.8 Å². The second-order valence-electron chi connectivity index (χ2n) is 23.2. The van der Waals surface area contributed by atoms with Crippen molar-refractivity contribution in [2.24, 2.45) is 0 Å². The molecular formula is C68H100N20O15W2-2. The number of nitro groups is 2. The van der Waals surface area contributed by atoms with Crippen LogP contribution in [0, 0.1) is 35.1 Å². The van der Waals surface area contributed by atoms with Crippen molar-refractivity contribution in [1.29, 1.82) is 0 Å². The minimum Gasteiger partial charge on any atom is -0.465 e. The molecule has 0 unspecified atom stereocenters. The van der Waals surface area contributed by atoms with Gasteiger partial charge in [0.1, 0.15) is 42.2 Å². The molecule has 4 aliphatic rings. The van der Waals surface area contributed by atoms with Gasteiger partial charge < -0.3 is 99.3 Å². The average Bonchev–Trinajstić information content (AvgIpc) is 0.787. The fourth-order valence-corrected chi connectivity index (χ4v) is 10.7. The Morgan fingerprint density at radius 3 is 1.26 bits per heavy atom. The minimum absolute atomic E-state index is 0. The summed E-state index contributed by atoms with van der Waals surface area (Å²) in [7, 11) is 0. The third kappa shape index (κ3) is 27.1. The number of unbranched alkanes of at least 4 members (excludes halogenated alkanes) is 3. The van der Waals surface area contributed by atoms with E-state index in [4.69, 9.17) is 55.1 Å². The monoisotopic (exact) mass is 1800 g/mol. The number of rotatable bonds is 31. The molecule has 576 valence electrons. The zero-order valence-electron chi connectivity index (χ0n) is 60.2. The molecule has 3 saturated heterocycles. The first-order chi connectivity index (χ1) is 48.5. The summed E-state index contributed by atoms with van der Waals surface area (Å²) in [5, 5.41) is 23.8. The van der Waals surface area contributed by atoms with Gasteiger partial charge in [0, 0.05) is 132 Å². The van der Waals surface area contributed by atoms with E-state index in [0.717, 1.165) is 85.8 Å². The molecule has 10 heterocycles. The van der Waals surface area contributed by atoms with Crippen LogP contribution in [0.1, 0.15) is 103 Å². The number of nitrogens with zero attached hydrogens (tertiary/aromatic N) is 17. The molecule has 0 saturated carbocycles. The summed E-state index contributed by atoms with van der Waals surface area (Å²) in [4.78, 5) is 109. The van der Waals surface area contributed by atoms with Gasteiger partial charge in [-0.05, 0) is 86.2 Å². The Kier molecular flexibility index (Phi) is 40.1. The van der Waals surface area contributed by atoms with Crippen LogP contribution in [0.3, 0.4) is 0 Å². The third-order valence-corrected chi connectivity index (χ3v) is 15.7. The van der Waals surface area contributed by atoms with E-state index < -0.39 is 33.2 Å². The molecule has 6 aromatic heterocycles. The maximum atomic E-state index is 12.4. The standard InChI is InChI=1S/2C22H31N7O6.C21H28N6O3.CH4.2CH3.2W/c2*1-3-5-10-35-22-25-20(23)19(29(31)32)21(26-22)28(15-18(30)34-4-2)14-16-6-7-24-17(13-16)27-8-11-33-12-9-27;1-2-3-8-30-21-24-19(22)17-12-16(28)14-27(20(17)25-21)13-15-4-5-23-18(11-15)26-6-9-29-10-7-26;;;;;/h2*6-7,13H,3-5,8-12,14-15H2,1-2H3,(H2,23,25,26);4-5,11H,2-3,6-10,12-14H2,1H3,(H2,22,24,25);1H4;2*1H3;;/q;;;;2*-1;;. The molecule has 0 aliphatic carbocycles. The van der Waals surface area contributed by atoms with Gasteiger partial charge in [-0.15, -0.1) is 0 Å². The molecule has 3 fully saturated rings. The predicted octanol–water partition coefficient (Wildman–Crippen LogP) is 7.03. The Balaban J connectivity index is 0.000000400. The van der Waals surface area contributed by atoms with E-state index in [-0.39, 0.29) is 164 Å². The second kappa shape index (κ2) is 46.7. The van der Waals surface area contributed by atoms with E-state index in [1.807, 2.05) is 36.9 Å². The summed E-state index contributed by atoms with van der Waals surface area (Å²) < 4.78 is 43.2. The molecule has 35 nitrogen and oxygen atoms in total. The fourth-order valence-electron chi connectivity index (χ4n) is 10.7. The van der Waals surface area contributed by atoms with Crippen molar-refractivity contribution in [3.05, 3.63) is 112 Å². The number of ether oxygens (including phenoxy) is 8. The predicted molar refractivity (Wildman–Crippen MR) is 390 cm³/mol. The molecule has 0 atom stereocenters. The van der Waals surface area contributed by atoms with Gasteiger partial charge in [0.25, 0.3) is 0 Å². The van der Waals surface area contributed by atoms with Crippen LogP contribution in [-0.2, 0) is 106 Å². The number of nitrogen functional groups attached to an aromatic ring is 3. The molecule has 0 spiro atoms. The number of morpholine rings is 3. The topological polar surface area (TPSA) is 425 Å². The van der Waals surface area contributed by atoms with Crippen LogP contribution in [-0.4, -0.2) is 204 Å². The maximum absolute atomic E-state index is 12.4. The Bertz CT molecular complexity index is 3530. The van der Waals surface area contributed by atoms with E-state index in [1.54, 1.807) is 44.6 Å². The van der Waals surface area contributed by atoms with Crippen molar-refractivity contribution < 1.29 is 104 Å². The molecule has 6 N–H and O–H groups in total. The minimum atomic E-state index is -0.662. The number of fused-ring (bicyclic) bond motifs is 1. The fraction of sp³-hybridized carbons (Fsp3) is 0.529. The van der Waals surface area contributed by atoms with Crippen LogP contribution in [0.5, 0.6) is 18.0 Å². The summed E-state index contributed by atoms with van der Waals surface area (Å²) in [6.45, 7) is 19.8. The number of Topliss-reactive ketones (excluding diaryl/α,β-unsaturated/α-hetero) is 1. The molecule has 10 rings (SSSR count). The summed E-state index contributed by atoms with van der Waals surface area (Å²) in [6.07, 6.45) is 10.6. The smallest absolute Gasteiger partial charge is 0.353 e. The van der Waals surface area contributed by atoms with Crippen LogP contribution in [0.2, 0.25) is 0 Å². The Morgan fingerprint density at radius 1 is 0.543 bits per heavy atom. The van der Waals surface area contributed by atoms with Crippen molar-refractivity contribution in [3.8, 4) is 18.0 Å². The number of nitrogens with two attached hydrogens (primary N) is 3. The number of carbonyl (C=O) groups excluding carboxylic acids is 3. The van der Waals surface area contributed by atoms with Gasteiger partial charge in [-0.25, -0.2) is 15.0 Å². The first-order valence-corrected chi connectivity index (χ1v) is 33.6. The zero-order valence-corrected chi connectivity index (χ0v) is 66.1.